The van der Waals surface area contributed by atoms with Gasteiger partial charge in [-0.25, -0.2) is 13.1 Å². The molecule has 8 heteroatoms. The Bertz CT molecular complexity index is 942. The van der Waals surface area contributed by atoms with Gasteiger partial charge in [0.25, 0.3) is 0 Å². The van der Waals surface area contributed by atoms with E-state index >= 15 is 0 Å². The maximum atomic E-state index is 11.7. The van der Waals surface area contributed by atoms with Crippen LogP contribution in [0.15, 0.2) is 24.4 Å². The average Bonchev–Trinajstić information content (AvgIpc) is 3.06. The Balaban J connectivity index is 2.01. The lowest BCUT2D eigenvalue weighted by Crippen LogP contribution is -2.12. The van der Waals surface area contributed by atoms with Gasteiger partial charge < -0.3 is 0 Å². The van der Waals surface area contributed by atoms with Gasteiger partial charge in [-0.3, -0.25) is 4.98 Å². The number of rotatable bonds is 3. The van der Waals surface area contributed by atoms with Crippen LogP contribution < -0.4 is 0 Å². The normalized spacial score (nSPS) is 20.0. The molecule has 0 spiro atoms. The molecule has 3 heterocycles. The Hall–Kier alpha value is -2.17. The molecule has 1 aliphatic heterocycles. The number of nitrogens with zero attached hydrogens (tertiary/aromatic N) is 4. The van der Waals surface area contributed by atoms with Crippen molar-refractivity contribution >= 4 is 33.1 Å². The van der Waals surface area contributed by atoms with Gasteiger partial charge in [0.15, 0.2) is 9.84 Å². The third-order valence-corrected chi connectivity index (χ3v) is 6.10. The van der Waals surface area contributed by atoms with Crippen molar-refractivity contribution in [3.63, 3.8) is 0 Å². The van der Waals surface area contributed by atoms with Crippen LogP contribution >= 0.6 is 11.6 Å². The zero-order chi connectivity index (χ0) is 17.3. The van der Waals surface area contributed by atoms with Crippen molar-refractivity contribution in [2.45, 2.75) is 19.4 Å². The van der Waals surface area contributed by atoms with Crippen molar-refractivity contribution < 1.29 is 8.42 Å². The number of hydrogen-bond donors (Lipinski definition) is 0. The molecule has 0 saturated carbocycles. The molecular weight excluding hydrogens is 348 g/mol. The molecule has 1 fully saturated rings. The molecule has 3 rings (SSSR count). The summed E-state index contributed by atoms with van der Waals surface area (Å²) < 4.78 is 24.9. The van der Waals surface area contributed by atoms with Crippen molar-refractivity contribution in [1.29, 1.82) is 5.26 Å². The number of sulfone groups is 1. The first kappa shape index (κ1) is 16.7. The average molecular weight is 363 g/mol. The van der Waals surface area contributed by atoms with E-state index in [-0.39, 0.29) is 17.5 Å². The van der Waals surface area contributed by atoms with Crippen molar-refractivity contribution in [2.24, 2.45) is 0 Å². The van der Waals surface area contributed by atoms with Crippen LogP contribution in [0.2, 0.25) is 5.15 Å². The molecule has 2 aromatic heterocycles. The predicted octanol–water partition coefficient (Wildman–Crippen LogP) is 2.66. The third-order valence-electron chi connectivity index (χ3n) is 3.98. The van der Waals surface area contributed by atoms with Gasteiger partial charge in [0.05, 0.1) is 34.5 Å². The van der Waals surface area contributed by atoms with Crippen molar-refractivity contribution in [3.8, 4) is 6.07 Å². The zero-order valence-corrected chi connectivity index (χ0v) is 14.5. The molecular formula is C16H15ClN4O2S. The highest BCUT2D eigenvalue weighted by molar-refractivity contribution is 7.91. The fourth-order valence-electron chi connectivity index (χ4n) is 2.74. The summed E-state index contributed by atoms with van der Waals surface area (Å²) in [6.45, 7) is 1.78. The van der Waals surface area contributed by atoms with Crippen LogP contribution in [0, 0.1) is 18.3 Å². The van der Waals surface area contributed by atoms with Crippen LogP contribution in [0.5, 0.6) is 0 Å². The van der Waals surface area contributed by atoms with Gasteiger partial charge in [0.1, 0.15) is 11.2 Å². The predicted molar refractivity (Wildman–Crippen MR) is 92.0 cm³/mol. The van der Waals surface area contributed by atoms with Gasteiger partial charge in [-0.15, -0.1) is 0 Å². The maximum absolute atomic E-state index is 11.7. The fraction of sp³-hybridized carbons (Fsp3) is 0.312. The summed E-state index contributed by atoms with van der Waals surface area (Å²) in [5.41, 5.74) is 2.18. The number of aryl methyl sites for hydroxylation is 1. The van der Waals surface area contributed by atoms with Crippen LogP contribution in [0.25, 0.3) is 11.6 Å². The van der Waals surface area contributed by atoms with Crippen LogP contribution in [0.1, 0.15) is 29.4 Å². The smallest absolute Gasteiger partial charge is 0.152 e. The minimum absolute atomic E-state index is 0.0440. The number of halogens is 1. The highest BCUT2D eigenvalue weighted by atomic mass is 35.5. The lowest BCUT2D eigenvalue weighted by atomic mass is 10.1. The van der Waals surface area contributed by atoms with E-state index in [0.717, 1.165) is 0 Å². The van der Waals surface area contributed by atoms with Gasteiger partial charge in [-0.2, -0.15) is 10.4 Å². The molecule has 1 saturated heterocycles. The summed E-state index contributed by atoms with van der Waals surface area (Å²) in [5.74, 6) is 0.192. The number of pyridine rings is 1. The van der Waals surface area contributed by atoms with Gasteiger partial charge in [0, 0.05) is 11.8 Å². The van der Waals surface area contributed by atoms with E-state index in [2.05, 4.69) is 16.2 Å². The second-order valence-electron chi connectivity index (χ2n) is 5.68. The van der Waals surface area contributed by atoms with Gasteiger partial charge in [0.2, 0.25) is 0 Å². The molecule has 124 valence electrons. The molecule has 0 amide bonds. The Morgan fingerprint density at radius 1 is 1.50 bits per heavy atom. The second kappa shape index (κ2) is 6.38. The lowest BCUT2D eigenvalue weighted by molar-refractivity contribution is 0.497. The number of aromatic nitrogens is 3. The molecule has 2 aromatic rings. The summed E-state index contributed by atoms with van der Waals surface area (Å²) in [6, 6.07) is 7.18. The number of hydrogen-bond acceptors (Lipinski definition) is 5. The molecule has 24 heavy (non-hydrogen) atoms. The van der Waals surface area contributed by atoms with Gasteiger partial charge in [-0.05, 0) is 31.6 Å². The first-order valence-electron chi connectivity index (χ1n) is 7.39. The standard InChI is InChI=1S/C16H15ClN4O2S/c1-11-14(8-12(9-18)15-4-2-3-6-19-15)16(17)21(20-11)13-5-7-24(22,23)10-13/h2-4,6,8,13H,5,7,10H2,1H3/b12-8+/t13-/m1/s1. The topological polar surface area (TPSA) is 88.6 Å². The van der Waals surface area contributed by atoms with Crippen LogP contribution in [0.3, 0.4) is 0 Å². The SMILES string of the molecule is Cc1nn([C@@H]2CCS(=O)(=O)C2)c(Cl)c1/C=C(\C#N)c1ccccn1. The molecule has 0 N–H and O–H groups in total. The number of nitriles is 1. The van der Waals surface area contributed by atoms with Crippen LogP contribution in [-0.2, 0) is 9.84 Å². The van der Waals surface area contributed by atoms with Crippen molar-refractivity contribution in [3.05, 3.63) is 46.5 Å². The Kier molecular flexibility index (Phi) is 4.43. The Morgan fingerprint density at radius 3 is 2.88 bits per heavy atom. The highest BCUT2D eigenvalue weighted by Gasteiger charge is 2.31. The van der Waals surface area contributed by atoms with Gasteiger partial charge in [-0.1, -0.05) is 17.7 Å². The number of allylic oxidation sites excluding steroid dienone is 1. The van der Waals surface area contributed by atoms with Crippen molar-refractivity contribution in [1.82, 2.24) is 14.8 Å². The molecule has 0 aliphatic carbocycles. The monoisotopic (exact) mass is 362 g/mol. The van der Waals surface area contributed by atoms with Crippen LogP contribution in [0.4, 0.5) is 0 Å². The van der Waals surface area contributed by atoms with Crippen molar-refractivity contribution in [2.75, 3.05) is 11.5 Å². The molecule has 0 bridgehead atoms. The highest BCUT2D eigenvalue weighted by Crippen LogP contribution is 2.31. The molecule has 6 nitrogen and oxygen atoms in total. The van der Waals surface area contributed by atoms with E-state index < -0.39 is 9.84 Å². The van der Waals surface area contributed by atoms with E-state index in [9.17, 15) is 13.7 Å². The summed E-state index contributed by atoms with van der Waals surface area (Å²) in [5, 5.41) is 14.1. The fourth-order valence-corrected chi connectivity index (χ4v) is 4.80. The minimum Gasteiger partial charge on any atom is -0.256 e. The first-order valence-corrected chi connectivity index (χ1v) is 9.59. The van der Waals surface area contributed by atoms with E-state index in [1.165, 1.54) is 0 Å². The van der Waals surface area contributed by atoms with E-state index in [1.54, 1.807) is 42.1 Å². The molecule has 1 aliphatic rings. The Morgan fingerprint density at radius 2 is 2.29 bits per heavy atom. The maximum Gasteiger partial charge on any atom is 0.152 e. The molecule has 0 radical (unpaired) electrons. The zero-order valence-electron chi connectivity index (χ0n) is 13.0. The van der Waals surface area contributed by atoms with Crippen LogP contribution in [-0.4, -0.2) is 34.7 Å². The summed E-state index contributed by atoms with van der Waals surface area (Å²) in [7, 11) is -3.03. The molecule has 1 atom stereocenters. The minimum atomic E-state index is -3.03. The van der Waals surface area contributed by atoms with E-state index in [1.807, 2.05) is 0 Å². The quantitative estimate of drug-likeness (QED) is 0.783. The lowest BCUT2D eigenvalue weighted by Gasteiger charge is -2.09. The second-order valence-corrected chi connectivity index (χ2v) is 8.26. The van der Waals surface area contributed by atoms with E-state index in [4.69, 9.17) is 11.6 Å². The Labute approximate surface area is 145 Å². The summed E-state index contributed by atoms with van der Waals surface area (Å²) in [6.07, 6.45) is 3.76. The van der Waals surface area contributed by atoms with E-state index in [0.29, 0.717) is 34.1 Å². The van der Waals surface area contributed by atoms with Gasteiger partial charge >= 0.3 is 0 Å². The molecule has 0 unspecified atom stereocenters. The summed E-state index contributed by atoms with van der Waals surface area (Å²) in [4.78, 5) is 4.17. The summed E-state index contributed by atoms with van der Waals surface area (Å²) >= 11 is 6.42. The third kappa shape index (κ3) is 3.21. The largest absolute Gasteiger partial charge is 0.256 e. The first-order chi connectivity index (χ1) is 11.4. The molecule has 0 aromatic carbocycles.